The van der Waals surface area contributed by atoms with Crippen molar-refractivity contribution in [2.24, 2.45) is 0 Å². The van der Waals surface area contributed by atoms with Crippen LogP contribution in [0, 0.1) is 0 Å². The molecule has 22 heavy (non-hydrogen) atoms. The lowest BCUT2D eigenvalue weighted by Gasteiger charge is -2.40. The highest BCUT2D eigenvalue weighted by molar-refractivity contribution is 9.10. The van der Waals surface area contributed by atoms with Crippen molar-refractivity contribution >= 4 is 21.6 Å². The van der Waals surface area contributed by atoms with Crippen LogP contribution in [0.25, 0.3) is 0 Å². The molecule has 0 bridgehead atoms. The van der Waals surface area contributed by atoms with Gasteiger partial charge in [-0.05, 0) is 43.0 Å². The maximum Gasteiger partial charge on any atom is 0.168 e. The molecule has 2 aliphatic heterocycles. The lowest BCUT2D eigenvalue weighted by molar-refractivity contribution is -0.178. The highest BCUT2D eigenvalue weighted by Crippen LogP contribution is 2.41. The van der Waals surface area contributed by atoms with Crippen LogP contribution in [0.2, 0.25) is 0 Å². The first kappa shape index (κ1) is 16.3. The van der Waals surface area contributed by atoms with Crippen LogP contribution in [0.3, 0.4) is 0 Å². The minimum absolute atomic E-state index is 0.237. The average molecular weight is 368 g/mol. The van der Waals surface area contributed by atoms with E-state index in [9.17, 15) is 0 Å². The summed E-state index contributed by atoms with van der Waals surface area (Å²) >= 11 is 3.57. The molecule has 4 heteroatoms. The van der Waals surface area contributed by atoms with Crippen molar-refractivity contribution < 1.29 is 9.47 Å². The molecule has 0 atom stereocenters. The standard InChI is InChI=1S/C16H20BrNO2.C2H6/c17-13-1-2-15-12(11-13)5-8-18(15)14-3-6-16(7-4-14)19-9-10-20-16;1-2/h1-2,11,14H,3-10H2;1-2H3. The lowest BCUT2D eigenvalue weighted by Crippen LogP contribution is -2.43. The Morgan fingerprint density at radius 1 is 1.14 bits per heavy atom. The van der Waals surface area contributed by atoms with Gasteiger partial charge in [-0.3, -0.25) is 0 Å². The van der Waals surface area contributed by atoms with Crippen molar-refractivity contribution in [1.82, 2.24) is 0 Å². The fourth-order valence-corrected chi connectivity index (χ4v) is 4.32. The van der Waals surface area contributed by atoms with Crippen molar-refractivity contribution in [1.29, 1.82) is 0 Å². The molecule has 2 heterocycles. The Morgan fingerprint density at radius 2 is 1.82 bits per heavy atom. The third kappa shape index (κ3) is 3.06. The summed E-state index contributed by atoms with van der Waals surface area (Å²) in [5, 5.41) is 0. The van der Waals surface area contributed by atoms with Crippen LogP contribution in [0.5, 0.6) is 0 Å². The Kier molecular flexibility index (Phi) is 5.10. The molecule has 122 valence electrons. The van der Waals surface area contributed by atoms with Gasteiger partial charge in [-0.15, -0.1) is 0 Å². The summed E-state index contributed by atoms with van der Waals surface area (Å²) < 4.78 is 12.8. The first-order chi connectivity index (χ1) is 10.8. The molecule has 0 N–H and O–H groups in total. The number of ether oxygens (including phenoxy) is 2. The molecule has 3 aliphatic rings. The summed E-state index contributed by atoms with van der Waals surface area (Å²) in [5.41, 5.74) is 2.91. The summed E-state index contributed by atoms with van der Waals surface area (Å²) in [6, 6.07) is 7.34. The van der Waals surface area contributed by atoms with Crippen LogP contribution in [-0.2, 0) is 15.9 Å². The Labute approximate surface area is 142 Å². The van der Waals surface area contributed by atoms with Gasteiger partial charge in [0.15, 0.2) is 5.79 Å². The first-order valence-corrected chi connectivity index (χ1v) is 9.38. The van der Waals surface area contributed by atoms with Crippen molar-refractivity contribution in [3.8, 4) is 0 Å². The normalized spacial score (nSPS) is 23.3. The second-order valence-electron chi connectivity index (χ2n) is 6.06. The second kappa shape index (κ2) is 6.90. The molecule has 0 radical (unpaired) electrons. The zero-order chi connectivity index (χ0) is 15.6. The Balaban J connectivity index is 0.000000693. The predicted molar refractivity (Wildman–Crippen MR) is 93.4 cm³/mol. The molecule has 1 saturated carbocycles. The molecule has 1 saturated heterocycles. The quantitative estimate of drug-likeness (QED) is 0.727. The van der Waals surface area contributed by atoms with Crippen LogP contribution >= 0.6 is 15.9 Å². The molecular formula is C18H26BrNO2. The monoisotopic (exact) mass is 367 g/mol. The molecule has 3 nitrogen and oxygen atoms in total. The van der Waals surface area contributed by atoms with Gasteiger partial charge in [-0.25, -0.2) is 0 Å². The molecule has 0 unspecified atom stereocenters. The smallest absolute Gasteiger partial charge is 0.168 e. The van der Waals surface area contributed by atoms with Crippen molar-refractivity contribution in [2.45, 2.75) is 57.8 Å². The van der Waals surface area contributed by atoms with E-state index in [-0.39, 0.29) is 5.79 Å². The summed E-state index contributed by atoms with van der Waals surface area (Å²) in [6.07, 6.45) is 5.61. The first-order valence-electron chi connectivity index (χ1n) is 8.59. The van der Waals surface area contributed by atoms with Crippen LogP contribution < -0.4 is 4.90 Å². The van der Waals surface area contributed by atoms with Gasteiger partial charge in [-0.1, -0.05) is 29.8 Å². The summed E-state index contributed by atoms with van der Waals surface area (Å²) in [5.74, 6) is -0.237. The Bertz CT molecular complexity index is 504. The molecule has 2 fully saturated rings. The number of rotatable bonds is 1. The van der Waals surface area contributed by atoms with E-state index in [2.05, 4.69) is 39.0 Å². The van der Waals surface area contributed by atoms with Crippen molar-refractivity contribution in [2.75, 3.05) is 24.7 Å². The van der Waals surface area contributed by atoms with E-state index in [0.29, 0.717) is 6.04 Å². The van der Waals surface area contributed by atoms with Gasteiger partial charge in [0.2, 0.25) is 0 Å². The SMILES string of the molecule is Brc1ccc2c(c1)CCN2C1CCC2(CC1)OCCO2.CC. The third-order valence-corrected chi connectivity index (χ3v) is 5.44. The van der Waals surface area contributed by atoms with Crippen LogP contribution in [0.15, 0.2) is 22.7 Å². The largest absolute Gasteiger partial charge is 0.368 e. The molecule has 1 spiro atoms. The van der Waals surface area contributed by atoms with E-state index in [0.717, 1.165) is 32.6 Å². The van der Waals surface area contributed by atoms with E-state index < -0.39 is 0 Å². The van der Waals surface area contributed by atoms with Crippen molar-refractivity contribution in [3.05, 3.63) is 28.2 Å². The number of benzene rings is 1. The fraction of sp³-hybridized carbons (Fsp3) is 0.667. The zero-order valence-electron chi connectivity index (χ0n) is 13.6. The average Bonchev–Trinajstić information content (AvgIpc) is 3.17. The topological polar surface area (TPSA) is 21.7 Å². The molecular weight excluding hydrogens is 342 g/mol. The number of anilines is 1. The van der Waals surface area contributed by atoms with E-state index in [1.54, 1.807) is 0 Å². The van der Waals surface area contributed by atoms with Gasteiger partial charge in [0.1, 0.15) is 0 Å². The van der Waals surface area contributed by atoms with Gasteiger partial charge in [0.05, 0.1) is 13.2 Å². The molecule has 0 amide bonds. The summed E-state index contributed by atoms with van der Waals surface area (Å²) in [7, 11) is 0. The predicted octanol–water partition coefficient (Wildman–Crippen LogP) is 4.52. The summed E-state index contributed by atoms with van der Waals surface area (Å²) in [4.78, 5) is 2.60. The highest BCUT2D eigenvalue weighted by atomic mass is 79.9. The fourth-order valence-electron chi connectivity index (χ4n) is 3.91. The minimum atomic E-state index is -0.237. The summed E-state index contributed by atoms with van der Waals surface area (Å²) in [6.45, 7) is 6.70. The number of hydrogen-bond acceptors (Lipinski definition) is 3. The second-order valence-corrected chi connectivity index (χ2v) is 6.97. The molecule has 1 aromatic rings. The third-order valence-electron chi connectivity index (χ3n) is 4.94. The highest BCUT2D eigenvalue weighted by Gasteiger charge is 2.42. The van der Waals surface area contributed by atoms with E-state index in [1.807, 2.05) is 13.8 Å². The van der Waals surface area contributed by atoms with Crippen molar-refractivity contribution in [3.63, 3.8) is 0 Å². The molecule has 1 aromatic carbocycles. The van der Waals surface area contributed by atoms with Crippen LogP contribution in [0.1, 0.15) is 45.1 Å². The molecule has 4 rings (SSSR count). The Morgan fingerprint density at radius 3 is 2.50 bits per heavy atom. The zero-order valence-corrected chi connectivity index (χ0v) is 15.2. The van der Waals surface area contributed by atoms with Crippen LogP contribution in [-0.4, -0.2) is 31.6 Å². The van der Waals surface area contributed by atoms with Gasteiger partial charge < -0.3 is 14.4 Å². The number of halogens is 1. The number of nitrogens with zero attached hydrogens (tertiary/aromatic N) is 1. The van der Waals surface area contributed by atoms with E-state index >= 15 is 0 Å². The van der Waals surface area contributed by atoms with E-state index in [4.69, 9.17) is 9.47 Å². The number of fused-ring (bicyclic) bond motifs is 1. The van der Waals surface area contributed by atoms with Gasteiger partial charge in [-0.2, -0.15) is 0 Å². The molecule has 1 aliphatic carbocycles. The lowest BCUT2D eigenvalue weighted by atomic mass is 9.89. The van der Waals surface area contributed by atoms with E-state index in [1.165, 1.54) is 35.0 Å². The van der Waals surface area contributed by atoms with Gasteiger partial charge >= 0.3 is 0 Å². The minimum Gasteiger partial charge on any atom is -0.368 e. The number of hydrogen-bond donors (Lipinski definition) is 0. The maximum atomic E-state index is 5.83. The van der Waals surface area contributed by atoms with Gasteiger partial charge in [0, 0.05) is 35.6 Å². The maximum absolute atomic E-state index is 5.83. The van der Waals surface area contributed by atoms with Gasteiger partial charge in [0.25, 0.3) is 0 Å². The van der Waals surface area contributed by atoms with Crippen LogP contribution in [0.4, 0.5) is 5.69 Å². The Hall–Kier alpha value is -0.580. The molecule has 0 aromatic heterocycles.